The van der Waals surface area contributed by atoms with E-state index in [1.54, 1.807) is 57.2 Å². The van der Waals surface area contributed by atoms with Crippen molar-refractivity contribution in [3.63, 3.8) is 0 Å². The number of ether oxygens (including phenoxy) is 1. The van der Waals surface area contributed by atoms with E-state index in [2.05, 4.69) is 10.6 Å². The average Bonchev–Trinajstić information content (AvgIpc) is 2.78. The highest BCUT2D eigenvalue weighted by atomic mass is 19.4. The van der Waals surface area contributed by atoms with Crippen LogP contribution in [0.4, 0.5) is 23.7 Å². The van der Waals surface area contributed by atoms with Gasteiger partial charge in [-0.25, -0.2) is 4.79 Å². The monoisotopic (exact) mass is 484 g/mol. The fraction of sp³-hybridized carbons (Fsp3) is 0.259. The molecule has 0 heterocycles. The second-order valence-electron chi connectivity index (χ2n) is 8.95. The number of carbonyl (C=O) groups excluding carboxylic acids is 2. The number of carbonyl (C=O) groups is 2. The number of alkyl halides is 3. The first-order valence-electron chi connectivity index (χ1n) is 11.1. The number of benzene rings is 3. The first-order valence-corrected chi connectivity index (χ1v) is 11.1. The van der Waals surface area contributed by atoms with Crippen LogP contribution in [0.1, 0.15) is 42.3 Å². The van der Waals surface area contributed by atoms with Gasteiger partial charge in [-0.2, -0.15) is 13.2 Å². The average molecular weight is 485 g/mol. The van der Waals surface area contributed by atoms with E-state index in [0.717, 1.165) is 17.7 Å². The van der Waals surface area contributed by atoms with Crippen LogP contribution < -0.4 is 10.6 Å². The van der Waals surface area contributed by atoms with E-state index in [9.17, 15) is 22.8 Å². The van der Waals surface area contributed by atoms with Crippen molar-refractivity contribution < 1.29 is 27.5 Å². The van der Waals surface area contributed by atoms with Gasteiger partial charge < -0.3 is 15.4 Å². The first kappa shape index (κ1) is 25.8. The summed E-state index contributed by atoms with van der Waals surface area (Å²) in [5, 5.41) is 5.52. The third-order valence-corrected chi connectivity index (χ3v) is 4.99. The van der Waals surface area contributed by atoms with E-state index in [-0.39, 0.29) is 5.91 Å². The van der Waals surface area contributed by atoms with Gasteiger partial charge in [-0.1, -0.05) is 42.5 Å². The summed E-state index contributed by atoms with van der Waals surface area (Å²) in [4.78, 5) is 24.6. The van der Waals surface area contributed by atoms with Crippen molar-refractivity contribution in [3.05, 3.63) is 89.5 Å². The molecule has 184 valence electrons. The largest absolute Gasteiger partial charge is 0.444 e. The Kier molecular flexibility index (Phi) is 7.84. The smallest absolute Gasteiger partial charge is 0.416 e. The van der Waals surface area contributed by atoms with Crippen molar-refractivity contribution in [2.45, 2.75) is 39.0 Å². The molecule has 0 aromatic heterocycles. The molecule has 0 unspecified atom stereocenters. The highest BCUT2D eigenvalue weighted by molar-refractivity contribution is 6.08. The van der Waals surface area contributed by atoms with Crippen molar-refractivity contribution in [2.75, 3.05) is 11.9 Å². The Hall–Kier alpha value is -3.81. The molecule has 35 heavy (non-hydrogen) atoms. The van der Waals surface area contributed by atoms with Crippen LogP contribution in [-0.2, 0) is 17.3 Å². The van der Waals surface area contributed by atoms with Gasteiger partial charge in [0.2, 0.25) is 0 Å². The Morgan fingerprint density at radius 1 is 0.857 bits per heavy atom. The van der Waals surface area contributed by atoms with Gasteiger partial charge in [0.25, 0.3) is 5.91 Å². The molecule has 0 aliphatic heterocycles. The van der Waals surface area contributed by atoms with Gasteiger partial charge in [0, 0.05) is 17.8 Å². The van der Waals surface area contributed by atoms with Crippen LogP contribution in [0.25, 0.3) is 11.1 Å². The van der Waals surface area contributed by atoms with Crippen LogP contribution >= 0.6 is 0 Å². The second kappa shape index (κ2) is 10.6. The quantitative estimate of drug-likeness (QED) is 0.410. The summed E-state index contributed by atoms with van der Waals surface area (Å²) in [6.45, 7) is 5.78. The summed E-state index contributed by atoms with van der Waals surface area (Å²) in [5.74, 6) is -0.375. The summed E-state index contributed by atoms with van der Waals surface area (Å²) in [7, 11) is 0. The Morgan fingerprint density at radius 2 is 1.49 bits per heavy atom. The van der Waals surface area contributed by atoms with E-state index in [1.165, 1.54) is 12.1 Å². The van der Waals surface area contributed by atoms with Gasteiger partial charge in [-0.05, 0) is 74.2 Å². The van der Waals surface area contributed by atoms with Crippen LogP contribution in [-0.4, -0.2) is 24.1 Å². The molecular formula is C27H27F3N2O3. The summed E-state index contributed by atoms with van der Waals surface area (Å²) < 4.78 is 43.8. The number of amides is 2. The molecule has 8 heteroatoms. The van der Waals surface area contributed by atoms with Crippen molar-refractivity contribution in [1.82, 2.24) is 5.32 Å². The van der Waals surface area contributed by atoms with E-state index in [0.29, 0.717) is 35.3 Å². The Morgan fingerprint density at radius 3 is 2.09 bits per heavy atom. The maximum atomic E-state index is 12.9. The molecule has 3 rings (SSSR count). The highest BCUT2D eigenvalue weighted by Crippen LogP contribution is 2.32. The molecule has 0 spiro atoms. The molecule has 2 N–H and O–H groups in total. The Bertz CT molecular complexity index is 1170. The predicted octanol–water partition coefficient (Wildman–Crippen LogP) is 6.69. The third kappa shape index (κ3) is 7.60. The number of hydrogen-bond acceptors (Lipinski definition) is 3. The van der Waals surface area contributed by atoms with Gasteiger partial charge >= 0.3 is 12.3 Å². The number of nitrogens with one attached hydrogen (secondary N) is 2. The normalized spacial score (nSPS) is 11.6. The van der Waals surface area contributed by atoms with E-state index < -0.39 is 23.4 Å². The number of hydrogen-bond donors (Lipinski definition) is 2. The van der Waals surface area contributed by atoms with Gasteiger partial charge in [0.15, 0.2) is 0 Å². The lowest BCUT2D eigenvalue weighted by molar-refractivity contribution is -0.137. The van der Waals surface area contributed by atoms with Gasteiger partial charge in [0.05, 0.1) is 5.56 Å². The van der Waals surface area contributed by atoms with Crippen LogP contribution in [0.5, 0.6) is 0 Å². The molecule has 2 amide bonds. The van der Waals surface area contributed by atoms with Crippen molar-refractivity contribution in [1.29, 1.82) is 0 Å². The fourth-order valence-corrected chi connectivity index (χ4v) is 3.35. The van der Waals surface area contributed by atoms with Gasteiger partial charge in [0.1, 0.15) is 5.60 Å². The van der Waals surface area contributed by atoms with Gasteiger partial charge in [-0.3, -0.25) is 4.79 Å². The minimum Gasteiger partial charge on any atom is -0.444 e. The summed E-state index contributed by atoms with van der Waals surface area (Å²) in [6.07, 6.45) is -4.31. The van der Waals surface area contributed by atoms with Crippen molar-refractivity contribution >= 4 is 17.7 Å². The number of alkyl carbamates (subject to hydrolysis) is 1. The van der Waals surface area contributed by atoms with Crippen LogP contribution in [0.2, 0.25) is 0 Å². The molecule has 0 saturated heterocycles. The zero-order chi connectivity index (χ0) is 25.6. The molecular weight excluding hydrogens is 457 g/mol. The Labute approximate surface area is 202 Å². The van der Waals surface area contributed by atoms with Crippen LogP contribution in [0.3, 0.4) is 0 Å². The fourth-order valence-electron chi connectivity index (χ4n) is 3.35. The zero-order valence-corrected chi connectivity index (χ0v) is 19.7. The highest BCUT2D eigenvalue weighted by Gasteiger charge is 2.30. The Balaban J connectivity index is 1.63. The number of halogens is 3. The minimum atomic E-state index is -4.42. The van der Waals surface area contributed by atoms with E-state index in [4.69, 9.17) is 4.74 Å². The predicted molar refractivity (Wildman–Crippen MR) is 129 cm³/mol. The zero-order valence-electron chi connectivity index (χ0n) is 19.7. The first-order chi connectivity index (χ1) is 16.4. The number of anilines is 1. The molecule has 3 aromatic carbocycles. The lowest BCUT2D eigenvalue weighted by atomic mass is 9.98. The number of rotatable bonds is 6. The minimum absolute atomic E-state index is 0.345. The summed E-state index contributed by atoms with van der Waals surface area (Å²) >= 11 is 0. The molecule has 0 saturated carbocycles. The molecule has 3 aromatic rings. The van der Waals surface area contributed by atoms with E-state index in [1.807, 2.05) is 12.1 Å². The summed E-state index contributed by atoms with van der Waals surface area (Å²) in [5.41, 5.74) is 1.61. The van der Waals surface area contributed by atoms with Crippen LogP contribution in [0.15, 0.2) is 72.8 Å². The summed E-state index contributed by atoms with van der Waals surface area (Å²) in [6, 6.07) is 18.6. The van der Waals surface area contributed by atoms with Crippen molar-refractivity contribution in [3.8, 4) is 11.1 Å². The topological polar surface area (TPSA) is 67.4 Å². The molecule has 5 nitrogen and oxygen atoms in total. The second-order valence-corrected chi connectivity index (χ2v) is 8.95. The molecule has 0 atom stereocenters. The standard InChI is InChI=1S/C27H27F3N2O3/c1-26(2,3)35-25(34)31-17-16-18-8-14-21(15-9-18)32-24(33)23-7-5-4-6-22(23)19-10-12-20(13-11-19)27(28,29)30/h4-15H,16-17H2,1-3H3,(H,31,34)(H,32,33). The van der Waals surface area contributed by atoms with Crippen LogP contribution in [0, 0.1) is 0 Å². The van der Waals surface area contributed by atoms with E-state index >= 15 is 0 Å². The molecule has 0 bridgehead atoms. The molecule has 0 radical (unpaired) electrons. The lowest BCUT2D eigenvalue weighted by Gasteiger charge is -2.19. The maximum Gasteiger partial charge on any atom is 0.416 e. The molecule has 0 fully saturated rings. The molecule has 0 aliphatic carbocycles. The third-order valence-electron chi connectivity index (χ3n) is 4.99. The molecule has 0 aliphatic rings. The van der Waals surface area contributed by atoms with Gasteiger partial charge in [-0.15, -0.1) is 0 Å². The lowest BCUT2D eigenvalue weighted by Crippen LogP contribution is -2.33. The SMILES string of the molecule is CC(C)(C)OC(=O)NCCc1ccc(NC(=O)c2ccccc2-c2ccc(C(F)(F)F)cc2)cc1. The maximum absolute atomic E-state index is 12.9. The van der Waals surface area contributed by atoms with Crippen molar-refractivity contribution in [2.24, 2.45) is 0 Å².